The van der Waals surface area contributed by atoms with Gasteiger partial charge < -0.3 is 20.0 Å². The minimum Gasteiger partial charge on any atom is -0.493 e. The summed E-state index contributed by atoms with van der Waals surface area (Å²) in [6.45, 7) is -3.05. The van der Waals surface area contributed by atoms with Gasteiger partial charge in [-0.3, -0.25) is 10.1 Å². The monoisotopic (exact) mass is 381 g/mol. The number of halogens is 2. The van der Waals surface area contributed by atoms with Crippen LogP contribution in [0.5, 0.6) is 11.5 Å². The Bertz CT molecular complexity index is 871. The summed E-state index contributed by atoms with van der Waals surface area (Å²) in [7, 11) is 1.22. The van der Waals surface area contributed by atoms with Crippen molar-refractivity contribution in [2.45, 2.75) is 6.61 Å². The molecule has 0 amide bonds. The highest BCUT2D eigenvalue weighted by Crippen LogP contribution is 2.29. The number of benzene rings is 2. The predicted octanol–water partition coefficient (Wildman–Crippen LogP) is 2.68. The summed E-state index contributed by atoms with van der Waals surface area (Å²) in [5, 5.41) is 14.1. The highest BCUT2D eigenvalue weighted by molar-refractivity contribution is 5.98. The van der Waals surface area contributed by atoms with Crippen LogP contribution in [0.4, 0.5) is 14.5 Å². The van der Waals surface area contributed by atoms with E-state index in [1.54, 1.807) is 0 Å². The zero-order valence-electron chi connectivity index (χ0n) is 13.8. The van der Waals surface area contributed by atoms with Crippen LogP contribution in [0, 0.1) is 10.1 Å². The van der Waals surface area contributed by atoms with Crippen LogP contribution >= 0.6 is 0 Å². The number of hydrogen-bond donors (Lipinski definition) is 1. The average Bonchev–Trinajstić information content (AvgIpc) is 2.65. The van der Waals surface area contributed by atoms with Crippen molar-refractivity contribution in [1.82, 2.24) is 0 Å². The average molecular weight is 381 g/mol. The number of rotatable bonds is 7. The molecular weight excluding hydrogens is 368 g/mol. The van der Waals surface area contributed by atoms with Crippen LogP contribution < -0.4 is 15.2 Å². The van der Waals surface area contributed by atoms with E-state index in [1.165, 1.54) is 37.4 Å². The van der Waals surface area contributed by atoms with Crippen LogP contribution in [0.15, 0.2) is 47.6 Å². The molecule has 0 saturated carbocycles. The fourth-order valence-corrected chi connectivity index (χ4v) is 1.94. The van der Waals surface area contributed by atoms with Crippen LogP contribution in [-0.2, 0) is 4.84 Å². The number of hydrogen-bond acceptors (Lipinski definition) is 7. The lowest BCUT2D eigenvalue weighted by Crippen LogP contribution is -2.15. The minimum atomic E-state index is -3.05. The number of nitro groups is 1. The molecule has 0 atom stereocenters. The van der Waals surface area contributed by atoms with Crippen molar-refractivity contribution < 1.29 is 32.8 Å². The van der Waals surface area contributed by atoms with Crippen molar-refractivity contribution in [3.63, 3.8) is 0 Å². The first-order chi connectivity index (χ1) is 12.8. The van der Waals surface area contributed by atoms with Gasteiger partial charge in [0, 0.05) is 17.7 Å². The number of nitrogens with two attached hydrogens (primary N) is 1. The summed E-state index contributed by atoms with van der Waals surface area (Å²) >= 11 is 0. The molecule has 0 aromatic heterocycles. The quantitative estimate of drug-likeness (QED) is 0.257. The number of carbonyl (C=O) groups is 1. The van der Waals surface area contributed by atoms with Crippen molar-refractivity contribution in [2.24, 2.45) is 10.9 Å². The number of ether oxygens (including phenoxy) is 2. The third-order valence-electron chi connectivity index (χ3n) is 3.22. The van der Waals surface area contributed by atoms with Crippen LogP contribution in [0.1, 0.15) is 15.9 Å². The molecule has 0 saturated heterocycles. The lowest BCUT2D eigenvalue weighted by atomic mass is 10.2. The molecule has 2 N–H and O–H groups in total. The fourth-order valence-electron chi connectivity index (χ4n) is 1.94. The molecular formula is C16H13F2N3O6. The second kappa shape index (κ2) is 8.56. The Morgan fingerprint density at radius 2 is 1.78 bits per heavy atom. The summed E-state index contributed by atoms with van der Waals surface area (Å²) in [4.78, 5) is 26.7. The molecule has 2 aromatic rings. The Hall–Kier alpha value is -3.76. The molecule has 2 aromatic carbocycles. The largest absolute Gasteiger partial charge is 0.493 e. The maximum atomic E-state index is 12.3. The lowest BCUT2D eigenvalue weighted by molar-refractivity contribution is -0.384. The third-order valence-corrected chi connectivity index (χ3v) is 3.22. The van der Waals surface area contributed by atoms with E-state index < -0.39 is 17.5 Å². The molecule has 2 rings (SSSR count). The fraction of sp³-hybridized carbons (Fsp3) is 0.125. The van der Waals surface area contributed by atoms with E-state index in [2.05, 4.69) is 14.7 Å². The molecule has 0 aliphatic rings. The van der Waals surface area contributed by atoms with Gasteiger partial charge in [0.1, 0.15) is 0 Å². The summed E-state index contributed by atoms with van der Waals surface area (Å²) in [5.74, 6) is -1.47. The minimum absolute atomic E-state index is 0.0475. The predicted molar refractivity (Wildman–Crippen MR) is 88.9 cm³/mol. The Labute approximate surface area is 151 Å². The summed E-state index contributed by atoms with van der Waals surface area (Å²) in [6, 6.07) is 8.54. The van der Waals surface area contributed by atoms with Gasteiger partial charge in [0.25, 0.3) is 5.69 Å². The second-order valence-corrected chi connectivity index (χ2v) is 4.90. The Balaban J connectivity index is 2.11. The Kier molecular flexibility index (Phi) is 6.20. The van der Waals surface area contributed by atoms with E-state index in [-0.39, 0.29) is 28.6 Å². The number of carbonyl (C=O) groups excluding carboxylic acids is 1. The summed E-state index contributed by atoms with van der Waals surface area (Å²) in [5.41, 5.74) is 5.77. The number of non-ortho nitro benzene ring substituents is 1. The molecule has 9 nitrogen and oxygen atoms in total. The first-order valence-corrected chi connectivity index (χ1v) is 7.24. The molecule has 0 spiro atoms. The zero-order chi connectivity index (χ0) is 20.0. The van der Waals surface area contributed by atoms with Gasteiger partial charge in [-0.15, -0.1) is 0 Å². The summed E-state index contributed by atoms with van der Waals surface area (Å²) in [6.07, 6.45) is 0. The maximum absolute atomic E-state index is 12.3. The van der Waals surface area contributed by atoms with Crippen LogP contribution in [-0.4, -0.2) is 30.4 Å². The first kappa shape index (κ1) is 19.6. The molecule has 27 heavy (non-hydrogen) atoms. The molecule has 11 heteroatoms. The van der Waals surface area contributed by atoms with Crippen molar-refractivity contribution in [3.8, 4) is 11.5 Å². The van der Waals surface area contributed by atoms with Crippen LogP contribution in [0.3, 0.4) is 0 Å². The number of methoxy groups -OCH3 is 1. The van der Waals surface area contributed by atoms with Gasteiger partial charge in [-0.25, -0.2) is 4.79 Å². The summed E-state index contributed by atoms with van der Waals surface area (Å²) < 4.78 is 33.7. The van der Waals surface area contributed by atoms with Gasteiger partial charge in [0.15, 0.2) is 17.3 Å². The van der Waals surface area contributed by atoms with E-state index >= 15 is 0 Å². The smallest absolute Gasteiger partial charge is 0.387 e. The van der Waals surface area contributed by atoms with Gasteiger partial charge >= 0.3 is 12.6 Å². The molecule has 0 aliphatic heterocycles. The topological polar surface area (TPSA) is 126 Å². The van der Waals surface area contributed by atoms with Crippen molar-refractivity contribution in [2.75, 3.05) is 7.11 Å². The molecule has 0 bridgehead atoms. The van der Waals surface area contributed by atoms with Gasteiger partial charge in [-0.05, 0) is 30.3 Å². The molecule has 0 radical (unpaired) electrons. The first-order valence-electron chi connectivity index (χ1n) is 7.24. The van der Waals surface area contributed by atoms with Gasteiger partial charge in [0.2, 0.25) is 0 Å². The standard InChI is InChI=1S/C16H13F2N3O6/c1-25-13-8-10(4-7-12(13)26-16(17)18)15(22)27-20-14(19)9-2-5-11(6-3-9)21(23)24/h2-8,16H,1H3,(H2,19,20). The molecule has 142 valence electrons. The highest BCUT2D eigenvalue weighted by Gasteiger charge is 2.15. The molecule has 0 unspecified atom stereocenters. The van der Waals surface area contributed by atoms with Gasteiger partial charge in [0.05, 0.1) is 17.6 Å². The normalized spacial score (nSPS) is 11.2. The number of nitrogens with zero attached hydrogens (tertiary/aromatic N) is 2. The van der Waals surface area contributed by atoms with Crippen LogP contribution in [0.25, 0.3) is 0 Å². The van der Waals surface area contributed by atoms with Crippen LogP contribution in [0.2, 0.25) is 0 Å². The SMILES string of the molecule is COc1cc(C(=O)O/N=C(\N)c2ccc([N+](=O)[O-])cc2)ccc1OC(F)F. The van der Waals surface area contributed by atoms with Gasteiger partial charge in [-0.2, -0.15) is 8.78 Å². The Morgan fingerprint density at radius 3 is 2.33 bits per heavy atom. The van der Waals surface area contributed by atoms with Crippen molar-refractivity contribution in [1.29, 1.82) is 0 Å². The Morgan fingerprint density at radius 1 is 1.15 bits per heavy atom. The highest BCUT2D eigenvalue weighted by atomic mass is 19.3. The lowest BCUT2D eigenvalue weighted by Gasteiger charge is -2.10. The number of oxime groups is 1. The third kappa shape index (κ3) is 5.11. The van der Waals surface area contributed by atoms with E-state index in [0.717, 1.165) is 12.1 Å². The zero-order valence-corrected chi connectivity index (χ0v) is 13.8. The molecule has 0 aliphatic carbocycles. The van der Waals surface area contributed by atoms with Crippen molar-refractivity contribution in [3.05, 3.63) is 63.7 Å². The maximum Gasteiger partial charge on any atom is 0.387 e. The number of amidine groups is 1. The van der Waals surface area contributed by atoms with Crippen molar-refractivity contribution >= 4 is 17.5 Å². The van der Waals surface area contributed by atoms with E-state index in [1.807, 2.05) is 0 Å². The van der Waals surface area contributed by atoms with E-state index in [9.17, 15) is 23.7 Å². The van der Waals surface area contributed by atoms with E-state index in [0.29, 0.717) is 5.56 Å². The number of nitro benzene ring substituents is 1. The number of alkyl halides is 2. The second-order valence-electron chi connectivity index (χ2n) is 4.90. The molecule has 0 heterocycles. The van der Waals surface area contributed by atoms with Gasteiger partial charge in [-0.1, -0.05) is 5.16 Å². The molecule has 0 fully saturated rings. The van der Waals surface area contributed by atoms with E-state index in [4.69, 9.17) is 10.5 Å².